The van der Waals surface area contributed by atoms with Crippen molar-refractivity contribution < 1.29 is 0 Å². The first kappa shape index (κ1) is 7.53. The third-order valence-electron chi connectivity index (χ3n) is 2.35. The lowest BCUT2D eigenvalue weighted by Gasteiger charge is -2.01. The van der Waals surface area contributed by atoms with Crippen molar-refractivity contribution in [2.75, 3.05) is 0 Å². The fraction of sp³-hybridized carbons (Fsp3) is 0.364. The molecular weight excluding hydrogens is 146 g/mol. The Labute approximate surface area is 73.1 Å². The highest BCUT2D eigenvalue weighted by Crippen LogP contribution is 2.14. The van der Waals surface area contributed by atoms with E-state index in [4.69, 9.17) is 0 Å². The second-order valence-electron chi connectivity index (χ2n) is 3.36. The second-order valence-corrected chi connectivity index (χ2v) is 3.36. The van der Waals surface area contributed by atoms with E-state index in [1.807, 2.05) is 6.21 Å². The van der Waals surface area contributed by atoms with E-state index >= 15 is 0 Å². The second kappa shape index (κ2) is 3.10. The van der Waals surface area contributed by atoms with E-state index in [0.29, 0.717) is 6.04 Å². The van der Waals surface area contributed by atoms with Gasteiger partial charge in [0, 0.05) is 12.3 Å². The third kappa shape index (κ3) is 1.40. The predicted octanol–water partition coefficient (Wildman–Crippen LogP) is 2.44. The quantitative estimate of drug-likeness (QED) is 0.551. The van der Waals surface area contributed by atoms with Crippen LogP contribution in [0.2, 0.25) is 0 Å². The van der Waals surface area contributed by atoms with Gasteiger partial charge in [-0.25, -0.2) is 0 Å². The zero-order valence-corrected chi connectivity index (χ0v) is 7.33. The zero-order chi connectivity index (χ0) is 8.39. The van der Waals surface area contributed by atoms with Crippen LogP contribution >= 0.6 is 0 Å². The Kier molecular flexibility index (Phi) is 1.94. The average molecular weight is 159 g/mol. The molecule has 1 aliphatic heterocycles. The normalized spacial score (nSPS) is 21.6. The van der Waals surface area contributed by atoms with Gasteiger partial charge in [0.2, 0.25) is 0 Å². The van der Waals surface area contributed by atoms with Crippen LogP contribution in [0.5, 0.6) is 0 Å². The van der Waals surface area contributed by atoms with Gasteiger partial charge in [-0.15, -0.1) is 0 Å². The highest BCUT2D eigenvalue weighted by atomic mass is 14.8. The molecule has 0 saturated carbocycles. The largest absolute Gasteiger partial charge is 0.290 e. The van der Waals surface area contributed by atoms with E-state index in [0.717, 1.165) is 6.42 Å². The molecule has 1 atom stereocenters. The molecule has 1 aliphatic rings. The van der Waals surface area contributed by atoms with E-state index < -0.39 is 0 Å². The molecule has 1 heteroatoms. The molecule has 1 aromatic rings. The molecule has 0 saturated heterocycles. The molecule has 1 aromatic carbocycles. The number of rotatable bonds is 0. The first-order valence-electron chi connectivity index (χ1n) is 4.47. The van der Waals surface area contributed by atoms with E-state index in [2.05, 4.69) is 36.2 Å². The lowest BCUT2D eigenvalue weighted by atomic mass is 10.0. The highest BCUT2D eigenvalue weighted by molar-refractivity contribution is 5.82. The summed E-state index contributed by atoms with van der Waals surface area (Å²) in [6.45, 7) is 2.17. The fourth-order valence-corrected chi connectivity index (χ4v) is 1.53. The van der Waals surface area contributed by atoms with E-state index in [1.54, 1.807) is 0 Å². The fourth-order valence-electron chi connectivity index (χ4n) is 1.53. The molecule has 0 bridgehead atoms. The lowest BCUT2D eigenvalue weighted by molar-refractivity contribution is 0.677. The van der Waals surface area contributed by atoms with Crippen LogP contribution in [-0.2, 0) is 6.42 Å². The summed E-state index contributed by atoms with van der Waals surface area (Å²) in [5.74, 6) is 0. The standard InChI is InChI=1S/C11H13N/c1-9-6-7-10-4-2-3-5-11(10)8-12-9/h2-5,8-9H,6-7H2,1H3. The number of aliphatic imine (C=N–C) groups is 1. The van der Waals surface area contributed by atoms with E-state index in [1.165, 1.54) is 17.5 Å². The summed E-state index contributed by atoms with van der Waals surface area (Å²) in [4.78, 5) is 4.44. The Hall–Kier alpha value is -1.11. The van der Waals surface area contributed by atoms with Crippen LogP contribution in [0, 0.1) is 0 Å². The molecule has 12 heavy (non-hydrogen) atoms. The van der Waals surface area contributed by atoms with Gasteiger partial charge in [-0.05, 0) is 30.9 Å². The first-order chi connectivity index (χ1) is 5.86. The van der Waals surface area contributed by atoms with Gasteiger partial charge in [-0.3, -0.25) is 4.99 Å². The van der Waals surface area contributed by atoms with Crippen LogP contribution in [0.15, 0.2) is 29.3 Å². The van der Waals surface area contributed by atoms with Gasteiger partial charge >= 0.3 is 0 Å². The van der Waals surface area contributed by atoms with Crippen molar-refractivity contribution in [3.8, 4) is 0 Å². The maximum absolute atomic E-state index is 4.44. The molecule has 0 aliphatic carbocycles. The minimum Gasteiger partial charge on any atom is -0.290 e. The van der Waals surface area contributed by atoms with Crippen LogP contribution in [0.3, 0.4) is 0 Å². The minimum absolute atomic E-state index is 0.484. The SMILES string of the molecule is CC1CCc2ccccc2C=N1. The zero-order valence-electron chi connectivity index (χ0n) is 7.33. The van der Waals surface area contributed by atoms with Crippen LogP contribution in [0.1, 0.15) is 24.5 Å². The van der Waals surface area contributed by atoms with Gasteiger partial charge in [-0.1, -0.05) is 24.3 Å². The van der Waals surface area contributed by atoms with E-state index in [-0.39, 0.29) is 0 Å². The molecule has 1 nitrogen and oxygen atoms in total. The summed E-state index contributed by atoms with van der Waals surface area (Å²) in [6, 6.07) is 8.98. The maximum Gasteiger partial charge on any atom is 0.0474 e. The molecule has 62 valence electrons. The van der Waals surface area contributed by atoms with Crippen LogP contribution in [0.4, 0.5) is 0 Å². The molecule has 2 rings (SSSR count). The van der Waals surface area contributed by atoms with Crippen LogP contribution < -0.4 is 0 Å². The summed E-state index contributed by atoms with van der Waals surface area (Å²) in [5.41, 5.74) is 2.73. The number of hydrogen-bond acceptors (Lipinski definition) is 1. The summed E-state index contributed by atoms with van der Waals surface area (Å²) in [6.07, 6.45) is 4.35. The topological polar surface area (TPSA) is 12.4 Å². The number of fused-ring (bicyclic) bond motifs is 1. The number of nitrogens with zero attached hydrogens (tertiary/aromatic N) is 1. The van der Waals surface area contributed by atoms with Crippen molar-refractivity contribution in [1.82, 2.24) is 0 Å². The first-order valence-corrected chi connectivity index (χ1v) is 4.47. The number of aryl methyl sites for hydroxylation is 1. The Morgan fingerprint density at radius 2 is 2.17 bits per heavy atom. The Balaban J connectivity index is 2.39. The minimum atomic E-state index is 0.484. The van der Waals surface area contributed by atoms with Crippen molar-refractivity contribution in [2.24, 2.45) is 4.99 Å². The van der Waals surface area contributed by atoms with Crippen LogP contribution in [0.25, 0.3) is 0 Å². The maximum atomic E-state index is 4.44. The van der Waals surface area contributed by atoms with Gasteiger partial charge in [-0.2, -0.15) is 0 Å². The Morgan fingerprint density at radius 1 is 1.33 bits per heavy atom. The summed E-state index contributed by atoms with van der Waals surface area (Å²) in [7, 11) is 0. The molecule has 0 N–H and O–H groups in total. The molecule has 0 spiro atoms. The van der Waals surface area contributed by atoms with Gasteiger partial charge in [0.05, 0.1) is 0 Å². The molecular formula is C11H13N. The molecule has 0 aromatic heterocycles. The molecule has 0 amide bonds. The summed E-state index contributed by atoms with van der Waals surface area (Å²) < 4.78 is 0. The smallest absolute Gasteiger partial charge is 0.0474 e. The van der Waals surface area contributed by atoms with E-state index in [9.17, 15) is 0 Å². The van der Waals surface area contributed by atoms with Gasteiger partial charge in [0.15, 0.2) is 0 Å². The van der Waals surface area contributed by atoms with Crippen molar-refractivity contribution in [3.05, 3.63) is 35.4 Å². The van der Waals surface area contributed by atoms with Crippen molar-refractivity contribution in [1.29, 1.82) is 0 Å². The van der Waals surface area contributed by atoms with Gasteiger partial charge in [0.1, 0.15) is 0 Å². The van der Waals surface area contributed by atoms with Crippen LogP contribution in [-0.4, -0.2) is 12.3 Å². The number of benzene rings is 1. The molecule has 1 heterocycles. The van der Waals surface area contributed by atoms with Crippen molar-refractivity contribution in [3.63, 3.8) is 0 Å². The highest BCUT2D eigenvalue weighted by Gasteiger charge is 2.06. The van der Waals surface area contributed by atoms with Crippen molar-refractivity contribution >= 4 is 6.21 Å². The summed E-state index contributed by atoms with van der Waals surface area (Å²) >= 11 is 0. The third-order valence-corrected chi connectivity index (χ3v) is 2.35. The summed E-state index contributed by atoms with van der Waals surface area (Å²) in [5, 5.41) is 0. The van der Waals surface area contributed by atoms with Gasteiger partial charge in [0.25, 0.3) is 0 Å². The van der Waals surface area contributed by atoms with Crippen molar-refractivity contribution in [2.45, 2.75) is 25.8 Å². The average Bonchev–Trinajstić information content (AvgIpc) is 2.29. The predicted molar refractivity (Wildman–Crippen MR) is 51.8 cm³/mol. The molecule has 1 unspecified atom stereocenters. The number of hydrogen-bond donors (Lipinski definition) is 0. The monoisotopic (exact) mass is 159 g/mol. The molecule has 0 fully saturated rings. The van der Waals surface area contributed by atoms with Gasteiger partial charge < -0.3 is 0 Å². The molecule has 0 radical (unpaired) electrons. The Morgan fingerprint density at radius 3 is 3.08 bits per heavy atom. The lowest BCUT2D eigenvalue weighted by Crippen LogP contribution is -1.96. The Bertz CT molecular complexity index is 302.